The fourth-order valence-electron chi connectivity index (χ4n) is 1.52. The summed E-state index contributed by atoms with van der Waals surface area (Å²) in [5, 5.41) is 9.70. The lowest BCUT2D eigenvalue weighted by molar-refractivity contribution is 0.148. The number of aliphatic hydroxyl groups is 1. The molecule has 1 aliphatic carbocycles. The Morgan fingerprint density at radius 1 is 1.07 bits per heavy atom. The van der Waals surface area contributed by atoms with Crippen molar-refractivity contribution < 1.29 is 13.9 Å². The van der Waals surface area contributed by atoms with E-state index in [1.165, 1.54) is 12.1 Å². The van der Waals surface area contributed by atoms with E-state index in [0.717, 1.165) is 18.4 Å². The molecule has 76 valence electrons. The monoisotopic (exact) mass is 198 g/mol. The van der Waals surface area contributed by atoms with Crippen molar-refractivity contribution in [3.63, 3.8) is 0 Å². The predicted molar refractivity (Wildman–Crippen MR) is 49.1 cm³/mol. The van der Waals surface area contributed by atoms with Crippen LogP contribution in [0.4, 0.5) is 8.78 Å². The molecular formula is C11H12F2O. The smallest absolute Gasteiger partial charge is 0.263 e. The highest BCUT2D eigenvalue weighted by atomic mass is 19.3. The second kappa shape index (κ2) is 3.65. The van der Waals surface area contributed by atoms with E-state index in [2.05, 4.69) is 0 Å². The third kappa shape index (κ3) is 1.93. The Bertz CT molecular complexity index is 304. The number of halogens is 2. The summed E-state index contributed by atoms with van der Waals surface area (Å²) in [7, 11) is 0. The van der Waals surface area contributed by atoms with Gasteiger partial charge in [0.2, 0.25) is 0 Å². The number of hydrogen-bond acceptors (Lipinski definition) is 1. The van der Waals surface area contributed by atoms with Crippen LogP contribution in [0.5, 0.6) is 0 Å². The first-order chi connectivity index (χ1) is 6.68. The lowest BCUT2D eigenvalue weighted by Gasteiger charge is -2.09. The van der Waals surface area contributed by atoms with Crippen LogP contribution in [0.15, 0.2) is 24.3 Å². The van der Waals surface area contributed by atoms with Gasteiger partial charge in [0.05, 0.1) is 6.10 Å². The van der Waals surface area contributed by atoms with Crippen LogP contribution in [0.1, 0.15) is 36.5 Å². The molecule has 1 aliphatic rings. The highest BCUT2D eigenvalue weighted by Crippen LogP contribution is 2.40. The molecule has 0 saturated heterocycles. The summed E-state index contributed by atoms with van der Waals surface area (Å²) in [6.45, 7) is 0. The Morgan fingerprint density at radius 2 is 1.57 bits per heavy atom. The van der Waals surface area contributed by atoms with Crippen molar-refractivity contribution in [3.8, 4) is 0 Å². The van der Waals surface area contributed by atoms with Gasteiger partial charge < -0.3 is 5.11 Å². The zero-order valence-corrected chi connectivity index (χ0v) is 7.66. The maximum absolute atomic E-state index is 12.2. The molecule has 1 aromatic rings. The van der Waals surface area contributed by atoms with Gasteiger partial charge in [-0.15, -0.1) is 0 Å². The van der Waals surface area contributed by atoms with E-state index < -0.39 is 12.5 Å². The molecule has 0 heterocycles. The first-order valence-corrected chi connectivity index (χ1v) is 4.74. The molecule has 1 nitrogen and oxygen atoms in total. The molecule has 0 aromatic heterocycles. The van der Waals surface area contributed by atoms with Gasteiger partial charge >= 0.3 is 0 Å². The number of rotatable bonds is 3. The Kier molecular flexibility index (Phi) is 2.50. The molecule has 1 N–H and O–H groups in total. The minimum absolute atomic E-state index is 0.0109. The number of hydrogen-bond donors (Lipinski definition) is 1. The standard InChI is InChI=1S/C11H12F2O/c12-11(13)9-5-3-8(4-6-9)10(14)7-1-2-7/h3-7,10-11,14H,1-2H2. The van der Waals surface area contributed by atoms with Crippen LogP contribution in [-0.2, 0) is 0 Å². The minimum Gasteiger partial charge on any atom is -0.388 e. The van der Waals surface area contributed by atoms with Crippen LogP contribution in [0, 0.1) is 5.92 Å². The van der Waals surface area contributed by atoms with Gasteiger partial charge in [-0.05, 0) is 24.3 Å². The van der Waals surface area contributed by atoms with E-state index in [1.54, 1.807) is 12.1 Å². The molecule has 2 rings (SSSR count). The SMILES string of the molecule is OC(c1ccc(C(F)F)cc1)C1CC1. The summed E-state index contributed by atoms with van der Waals surface area (Å²) < 4.78 is 24.4. The van der Waals surface area contributed by atoms with Gasteiger partial charge in [0.15, 0.2) is 0 Å². The van der Waals surface area contributed by atoms with Crippen molar-refractivity contribution in [1.29, 1.82) is 0 Å². The molecule has 14 heavy (non-hydrogen) atoms. The van der Waals surface area contributed by atoms with Gasteiger partial charge in [0.1, 0.15) is 0 Å². The Balaban J connectivity index is 2.12. The topological polar surface area (TPSA) is 20.2 Å². The third-order valence-corrected chi connectivity index (χ3v) is 2.60. The molecule has 1 unspecified atom stereocenters. The van der Waals surface area contributed by atoms with Crippen molar-refractivity contribution in [2.75, 3.05) is 0 Å². The van der Waals surface area contributed by atoms with Crippen LogP contribution in [0.3, 0.4) is 0 Å². The average molecular weight is 198 g/mol. The van der Waals surface area contributed by atoms with Gasteiger partial charge in [-0.2, -0.15) is 0 Å². The molecular weight excluding hydrogens is 186 g/mol. The summed E-state index contributed by atoms with van der Waals surface area (Å²) in [5.41, 5.74) is 0.758. The molecule has 0 aliphatic heterocycles. The maximum atomic E-state index is 12.2. The molecule has 0 radical (unpaired) electrons. The van der Waals surface area contributed by atoms with Crippen LogP contribution < -0.4 is 0 Å². The Labute approximate surface area is 81.4 Å². The minimum atomic E-state index is -2.43. The molecule has 1 atom stereocenters. The molecule has 1 aromatic carbocycles. The van der Waals surface area contributed by atoms with Crippen LogP contribution in [0.25, 0.3) is 0 Å². The molecule has 3 heteroatoms. The van der Waals surface area contributed by atoms with Crippen LogP contribution in [-0.4, -0.2) is 5.11 Å². The summed E-state index contributed by atoms with van der Waals surface area (Å²) in [6, 6.07) is 5.94. The molecule has 1 saturated carbocycles. The zero-order valence-electron chi connectivity index (χ0n) is 7.66. The van der Waals surface area contributed by atoms with Crippen molar-refractivity contribution >= 4 is 0 Å². The van der Waals surface area contributed by atoms with E-state index in [9.17, 15) is 13.9 Å². The number of alkyl halides is 2. The normalized spacial score (nSPS) is 18.6. The van der Waals surface area contributed by atoms with Crippen LogP contribution in [0.2, 0.25) is 0 Å². The van der Waals surface area contributed by atoms with Crippen molar-refractivity contribution in [2.45, 2.75) is 25.4 Å². The Morgan fingerprint density at radius 3 is 2.00 bits per heavy atom. The third-order valence-electron chi connectivity index (χ3n) is 2.60. The van der Waals surface area contributed by atoms with E-state index in [0.29, 0.717) is 5.92 Å². The number of aliphatic hydroxyl groups excluding tert-OH is 1. The van der Waals surface area contributed by atoms with Gasteiger partial charge in [0, 0.05) is 5.56 Å². The summed E-state index contributed by atoms with van der Waals surface area (Å²) in [4.78, 5) is 0. The Hall–Kier alpha value is -0.960. The fourth-order valence-corrected chi connectivity index (χ4v) is 1.52. The fraction of sp³-hybridized carbons (Fsp3) is 0.455. The van der Waals surface area contributed by atoms with Crippen LogP contribution >= 0.6 is 0 Å². The van der Waals surface area contributed by atoms with Gasteiger partial charge in [-0.3, -0.25) is 0 Å². The van der Waals surface area contributed by atoms with Crippen molar-refractivity contribution in [1.82, 2.24) is 0 Å². The average Bonchev–Trinajstić information content (AvgIpc) is 3.00. The predicted octanol–water partition coefficient (Wildman–Crippen LogP) is 3.07. The van der Waals surface area contributed by atoms with Gasteiger partial charge in [-0.25, -0.2) is 8.78 Å². The summed E-state index contributed by atoms with van der Waals surface area (Å²) in [5.74, 6) is 0.340. The van der Waals surface area contributed by atoms with Gasteiger partial charge in [0.25, 0.3) is 6.43 Å². The van der Waals surface area contributed by atoms with E-state index in [4.69, 9.17) is 0 Å². The summed E-state index contributed by atoms with van der Waals surface area (Å²) >= 11 is 0. The largest absolute Gasteiger partial charge is 0.388 e. The van der Waals surface area contributed by atoms with E-state index in [-0.39, 0.29) is 5.56 Å². The molecule has 0 spiro atoms. The lowest BCUT2D eigenvalue weighted by Crippen LogP contribution is -1.99. The van der Waals surface area contributed by atoms with E-state index >= 15 is 0 Å². The highest BCUT2D eigenvalue weighted by molar-refractivity contribution is 5.25. The van der Waals surface area contributed by atoms with Crippen molar-refractivity contribution in [3.05, 3.63) is 35.4 Å². The summed E-state index contributed by atoms with van der Waals surface area (Å²) in [6.07, 6.45) is -0.820. The quantitative estimate of drug-likeness (QED) is 0.791. The first-order valence-electron chi connectivity index (χ1n) is 4.74. The van der Waals surface area contributed by atoms with Gasteiger partial charge in [-0.1, -0.05) is 24.3 Å². The molecule has 1 fully saturated rings. The number of benzene rings is 1. The second-order valence-corrected chi connectivity index (χ2v) is 3.75. The highest BCUT2D eigenvalue weighted by Gasteiger charge is 2.30. The maximum Gasteiger partial charge on any atom is 0.263 e. The first kappa shape index (κ1) is 9.59. The second-order valence-electron chi connectivity index (χ2n) is 3.75. The lowest BCUT2D eigenvalue weighted by atomic mass is 10.0. The van der Waals surface area contributed by atoms with E-state index in [1.807, 2.05) is 0 Å². The molecule has 0 amide bonds. The zero-order chi connectivity index (χ0) is 10.1. The molecule has 0 bridgehead atoms. The van der Waals surface area contributed by atoms with Crippen molar-refractivity contribution in [2.24, 2.45) is 5.92 Å².